The van der Waals surface area contributed by atoms with Gasteiger partial charge in [0, 0.05) is 17.5 Å². The molecule has 1 atom stereocenters. The Bertz CT molecular complexity index is 853. The third-order valence-corrected chi connectivity index (χ3v) is 4.06. The summed E-state index contributed by atoms with van der Waals surface area (Å²) in [5.41, 5.74) is 1.12. The molecule has 6 heteroatoms. The highest BCUT2D eigenvalue weighted by Gasteiger charge is 2.21. The average molecular weight is 330 g/mol. The van der Waals surface area contributed by atoms with Crippen molar-refractivity contribution in [1.82, 2.24) is 10.2 Å². The minimum absolute atomic E-state index is 0.0916. The maximum Gasteiger partial charge on any atom is 0.287 e. The maximum atomic E-state index is 13.4. The van der Waals surface area contributed by atoms with E-state index in [-0.39, 0.29) is 23.5 Å². The lowest BCUT2D eigenvalue weighted by Crippen LogP contribution is -2.34. The summed E-state index contributed by atoms with van der Waals surface area (Å²) in [5.74, 6) is 0.280. The van der Waals surface area contributed by atoms with E-state index in [9.17, 15) is 9.18 Å². The molecule has 1 aromatic carbocycles. The number of carbonyl (C=O) groups excluding carboxylic acids is 1. The van der Waals surface area contributed by atoms with Gasteiger partial charge in [-0.1, -0.05) is 0 Å². The summed E-state index contributed by atoms with van der Waals surface area (Å²) in [7, 11) is 3.82. The standard InChI is InChI=1S/C18H19FN2O3/c1-11-13-9-12(19)6-7-15(13)24-17(11)18(22)20-10-14(21(2)3)16-5-4-8-23-16/h4-9,14H,10H2,1-3H3,(H,20,22)/t14-/m0/s1. The predicted octanol–water partition coefficient (Wildman–Crippen LogP) is 3.51. The number of benzene rings is 1. The predicted molar refractivity (Wildman–Crippen MR) is 88.4 cm³/mol. The highest BCUT2D eigenvalue weighted by Crippen LogP contribution is 2.26. The van der Waals surface area contributed by atoms with Gasteiger partial charge in [0.2, 0.25) is 0 Å². The van der Waals surface area contributed by atoms with Crippen LogP contribution in [-0.4, -0.2) is 31.4 Å². The Hall–Kier alpha value is -2.60. The quantitative estimate of drug-likeness (QED) is 0.778. The molecule has 0 bridgehead atoms. The van der Waals surface area contributed by atoms with Crippen LogP contribution in [0.2, 0.25) is 0 Å². The number of amides is 1. The number of fused-ring (bicyclic) bond motifs is 1. The average Bonchev–Trinajstić information content (AvgIpc) is 3.16. The van der Waals surface area contributed by atoms with Crippen LogP contribution in [0.4, 0.5) is 4.39 Å². The summed E-state index contributed by atoms with van der Waals surface area (Å²) in [4.78, 5) is 14.4. The molecule has 2 heterocycles. The Morgan fingerprint density at radius 1 is 1.33 bits per heavy atom. The van der Waals surface area contributed by atoms with Crippen molar-refractivity contribution in [1.29, 1.82) is 0 Å². The van der Waals surface area contributed by atoms with Gasteiger partial charge in [0.1, 0.15) is 17.2 Å². The van der Waals surface area contributed by atoms with E-state index in [0.717, 1.165) is 5.76 Å². The van der Waals surface area contributed by atoms with E-state index in [1.54, 1.807) is 13.2 Å². The van der Waals surface area contributed by atoms with E-state index in [0.29, 0.717) is 23.1 Å². The van der Waals surface area contributed by atoms with Gasteiger partial charge < -0.3 is 14.2 Å². The molecule has 1 N–H and O–H groups in total. The van der Waals surface area contributed by atoms with Crippen LogP contribution in [0.15, 0.2) is 45.4 Å². The van der Waals surface area contributed by atoms with Crippen molar-refractivity contribution in [3.05, 3.63) is 59.5 Å². The van der Waals surface area contributed by atoms with Gasteiger partial charge in [-0.15, -0.1) is 0 Å². The van der Waals surface area contributed by atoms with Crippen molar-refractivity contribution < 1.29 is 18.0 Å². The lowest BCUT2D eigenvalue weighted by atomic mass is 10.1. The number of nitrogens with one attached hydrogen (secondary N) is 1. The second kappa shape index (κ2) is 6.49. The summed E-state index contributed by atoms with van der Waals surface area (Å²) >= 11 is 0. The number of hydrogen-bond donors (Lipinski definition) is 1. The zero-order chi connectivity index (χ0) is 17.3. The van der Waals surface area contributed by atoms with E-state index in [2.05, 4.69) is 5.32 Å². The number of hydrogen-bond acceptors (Lipinski definition) is 4. The maximum absolute atomic E-state index is 13.4. The Labute approximate surface area is 139 Å². The van der Waals surface area contributed by atoms with Gasteiger partial charge in [-0.05, 0) is 51.4 Å². The van der Waals surface area contributed by atoms with Crippen molar-refractivity contribution >= 4 is 16.9 Å². The molecule has 0 aliphatic rings. The summed E-state index contributed by atoms with van der Waals surface area (Å²) in [5, 5.41) is 3.46. The largest absolute Gasteiger partial charge is 0.468 e. The number of rotatable bonds is 5. The smallest absolute Gasteiger partial charge is 0.287 e. The van der Waals surface area contributed by atoms with Gasteiger partial charge in [-0.2, -0.15) is 0 Å². The second-order valence-corrected chi connectivity index (χ2v) is 5.90. The second-order valence-electron chi connectivity index (χ2n) is 5.90. The summed E-state index contributed by atoms with van der Waals surface area (Å²) in [6.45, 7) is 2.11. The van der Waals surface area contributed by atoms with E-state index < -0.39 is 0 Å². The molecule has 0 saturated carbocycles. The van der Waals surface area contributed by atoms with Crippen molar-refractivity contribution in [3.63, 3.8) is 0 Å². The van der Waals surface area contributed by atoms with Gasteiger partial charge in [0.05, 0.1) is 12.3 Å². The fourth-order valence-corrected chi connectivity index (χ4v) is 2.70. The highest BCUT2D eigenvalue weighted by atomic mass is 19.1. The van der Waals surface area contributed by atoms with Gasteiger partial charge in [-0.3, -0.25) is 9.69 Å². The van der Waals surface area contributed by atoms with Crippen molar-refractivity contribution in [2.24, 2.45) is 0 Å². The fraction of sp³-hybridized carbons (Fsp3) is 0.278. The molecule has 0 spiro atoms. The molecule has 0 saturated heterocycles. The Morgan fingerprint density at radius 3 is 2.79 bits per heavy atom. The number of furan rings is 2. The molecule has 1 amide bonds. The zero-order valence-electron chi connectivity index (χ0n) is 13.8. The number of halogens is 1. The van der Waals surface area contributed by atoms with Crippen LogP contribution in [-0.2, 0) is 0 Å². The van der Waals surface area contributed by atoms with Crippen LogP contribution in [0.3, 0.4) is 0 Å². The minimum atomic E-state index is -0.358. The third kappa shape index (κ3) is 3.05. The molecule has 0 aliphatic carbocycles. The number of nitrogens with zero attached hydrogens (tertiary/aromatic N) is 1. The Balaban J connectivity index is 1.79. The molecule has 24 heavy (non-hydrogen) atoms. The van der Waals surface area contributed by atoms with Crippen molar-refractivity contribution in [3.8, 4) is 0 Å². The zero-order valence-corrected chi connectivity index (χ0v) is 13.8. The molecule has 0 aliphatic heterocycles. The molecular weight excluding hydrogens is 311 g/mol. The van der Waals surface area contributed by atoms with E-state index in [1.807, 2.05) is 31.1 Å². The third-order valence-electron chi connectivity index (χ3n) is 4.06. The SMILES string of the molecule is Cc1c(C(=O)NC[C@@H](c2ccco2)N(C)C)oc2ccc(F)cc12. The lowest BCUT2D eigenvalue weighted by molar-refractivity contribution is 0.0912. The van der Waals surface area contributed by atoms with Crippen LogP contribution in [0.25, 0.3) is 11.0 Å². The van der Waals surface area contributed by atoms with Crippen molar-refractivity contribution in [2.75, 3.05) is 20.6 Å². The van der Waals surface area contributed by atoms with Crippen molar-refractivity contribution in [2.45, 2.75) is 13.0 Å². The van der Waals surface area contributed by atoms with Crippen LogP contribution in [0.5, 0.6) is 0 Å². The van der Waals surface area contributed by atoms with E-state index in [1.165, 1.54) is 18.2 Å². The van der Waals surface area contributed by atoms with Gasteiger partial charge >= 0.3 is 0 Å². The molecule has 0 fully saturated rings. The number of aryl methyl sites for hydroxylation is 1. The first-order chi connectivity index (χ1) is 11.5. The molecular formula is C18H19FN2O3. The molecule has 3 rings (SSSR count). The van der Waals surface area contributed by atoms with Crippen LogP contribution >= 0.6 is 0 Å². The Morgan fingerprint density at radius 2 is 2.12 bits per heavy atom. The molecule has 3 aromatic rings. The van der Waals surface area contributed by atoms with E-state index in [4.69, 9.17) is 8.83 Å². The van der Waals surface area contributed by atoms with Gasteiger partial charge in [0.15, 0.2) is 5.76 Å². The molecule has 126 valence electrons. The summed E-state index contributed by atoms with van der Waals surface area (Å²) in [6.07, 6.45) is 1.60. The van der Waals surface area contributed by atoms with Crippen LogP contribution in [0.1, 0.15) is 27.9 Å². The molecule has 0 unspecified atom stereocenters. The monoisotopic (exact) mass is 330 g/mol. The number of carbonyl (C=O) groups is 1. The first-order valence-corrected chi connectivity index (χ1v) is 7.64. The molecule has 0 radical (unpaired) electrons. The first kappa shape index (κ1) is 16.3. The first-order valence-electron chi connectivity index (χ1n) is 7.64. The molecule has 2 aromatic heterocycles. The summed E-state index contributed by atoms with van der Waals surface area (Å²) in [6, 6.07) is 7.80. The Kier molecular flexibility index (Phi) is 4.40. The summed E-state index contributed by atoms with van der Waals surface area (Å²) < 4.78 is 24.4. The van der Waals surface area contributed by atoms with E-state index >= 15 is 0 Å². The minimum Gasteiger partial charge on any atom is -0.468 e. The van der Waals surface area contributed by atoms with Gasteiger partial charge in [0.25, 0.3) is 5.91 Å². The fourth-order valence-electron chi connectivity index (χ4n) is 2.70. The van der Waals surface area contributed by atoms with Crippen LogP contribution < -0.4 is 5.32 Å². The number of likely N-dealkylation sites (N-methyl/N-ethyl adjacent to an activating group) is 1. The van der Waals surface area contributed by atoms with Gasteiger partial charge in [-0.25, -0.2) is 4.39 Å². The topological polar surface area (TPSA) is 58.6 Å². The van der Waals surface area contributed by atoms with Crippen LogP contribution in [0, 0.1) is 12.7 Å². The highest BCUT2D eigenvalue weighted by molar-refractivity contribution is 5.98. The normalized spacial score (nSPS) is 12.7. The lowest BCUT2D eigenvalue weighted by Gasteiger charge is -2.22. The molecule has 5 nitrogen and oxygen atoms in total.